The molecular weight excluding hydrogens is 382 g/mol. The molecule has 0 saturated carbocycles. The summed E-state index contributed by atoms with van der Waals surface area (Å²) in [6.07, 6.45) is 1.88. The van der Waals surface area contributed by atoms with Crippen LogP contribution in [0.15, 0.2) is 23.1 Å². The van der Waals surface area contributed by atoms with Gasteiger partial charge >= 0.3 is 0 Å². The van der Waals surface area contributed by atoms with E-state index in [2.05, 4.69) is 24.5 Å². The molecule has 1 aliphatic heterocycles. The van der Waals surface area contributed by atoms with E-state index >= 15 is 0 Å². The van der Waals surface area contributed by atoms with Gasteiger partial charge in [-0.25, -0.2) is 8.42 Å². The second-order valence-corrected chi connectivity index (χ2v) is 8.52. The van der Waals surface area contributed by atoms with E-state index in [1.54, 1.807) is 6.07 Å². The summed E-state index contributed by atoms with van der Waals surface area (Å²) >= 11 is 11.5. The Balaban J connectivity index is 2.18. The van der Waals surface area contributed by atoms with Gasteiger partial charge in [-0.15, -0.1) is 0 Å². The van der Waals surface area contributed by atoms with Crippen LogP contribution in [-0.2, 0) is 14.8 Å². The molecule has 0 aromatic heterocycles. The standard InChI is InChI=1S/C16H24ClN3O3S2/c1-3-12(4-2)18-16(24)19-15-11-13(5-6-14(15)17)25(21,22)20-7-9-23-10-8-20/h5-6,11-12H,3-4,7-10H2,1-2H3,(H2,18,19,24). The van der Waals surface area contributed by atoms with Crippen molar-refractivity contribution in [3.05, 3.63) is 23.2 Å². The van der Waals surface area contributed by atoms with E-state index in [-0.39, 0.29) is 10.9 Å². The molecule has 1 heterocycles. The average molecular weight is 406 g/mol. The lowest BCUT2D eigenvalue weighted by Gasteiger charge is -2.26. The number of halogens is 1. The summed E-state index contributed by atoms with van der Waals surface area (Å²) in [5.41, 5.74) is 0.472. The molecule has 0 atom stereocenters. The van der Waals surface area contributed by atoms with Crippen LogP contribution < -0.4 is 10.6 Å². The first-order chi connectivity index (χ1) is 11.9. The zero-order chi connectivity index (χ0) is 18.4. The molecule has 0 aliphatic carbocycles. The highest BCUT2D eigenvalue weighted by atomic mass is 35.5. The van der Waals surface area contributed by atoms with E-state index in [0.717, 1.165) is 12.8 Å². The Labute approximate surface area is 159 Å². The number of rotatable bonds is 6. The van der Waals surface area contributed by atoms with Crippen molar-refractivity contribution >= 4 is 44.6 Å². The largest absolute Gasteiger partial charge is 0.379 e. The molecule has 2 rings (SSSR count). The van der Waals surface area contributed by atoms with E-state index in [4.69, 9.17) is 28.6 Å². The van der Waals surface area contributed by atoms with Gasteiger partial charge in [0.1, 0.15) is 0 Å². The number of sulfonamides is 1. The topological polar surface area (TPSA) is 70.7 Å². The summed E-state index contributed by atoms with van der Waals surface area (Å²) < 4.78 is 32.2. The van der Waals surface area contributed by atoms with Gasteiger partial charge in [0.15, 0.2) is 5.11 Å². The van der Waals surface area contributed by atoms with Crippen molar-refractivity contribution in [3.63, 3.8) is 0 Å². The molecule has 1 aromatic rings. The van der Waals surface area contributed by atoms with Crippen LogP contribution in [0.5, 0.6) is 0 Å². The van der Waals surface area contributed by atoms with Crippen LogP contribution in [0.2, 0.25) is 5.02 Å². The van der Waals surface area contributed by atoms with Crippen molar-refractivity contribution in [2.75, 3.05) is 31.6 Å². The lowest BCUT2D eigenvalue weighted by Crippen LogP contribution is -2.40. The summed E-state index contributed by atoms with van der Waals surface area (Å²) in [6.45, 7) is 5.66. The number of hydrogen-bond acceptors (Lipinski definition) is 4. The van der Waals surface area contributed by atoms with Crippen LogP contribution in [-0.4, -0.2) is 50.2 Å². The Morgan fingerprint density at radius 1 is 1.32 bits per heavy atom. The highest BCUT2D eigenvalue weighted by Gasteiger charge is 2.27. The molecule has 140 valence electrons. The van der Waals surface area contributed by atoms with Crippen LogP contribution in [0, 0.1) is 0 Å². The van der Waals surface area contributed by atoms with Crippen LogP contribution in [0.25, 0.3) is 0 Å². The maximum absolute atomic E-state index is 12.8. The van der Waals surface area contributed by atoms with E-state index in [1.165, 1.54) is 16.4 Å². The SMILES string of the molecule is CCC(CC)NC(=S)Nc1cc(S(=O)(=O)N2CCOCC2)ccc1Cl. The molecule has 9 heteroatoms. The molecule has 0 bridgehead atoms. The van der Waals surface area contributed by atoms with Crippen molar-refractivity contribution in [2.45, 2.75) is 37.6 Å². The summed E-state index contributed by atoms with van der Waals surface area (Å²) in [5.74, 6) is 0. The summed E-state index contributed by atoms with van der Waals surface area (Å²) in [6, 6.07) is 4.86. The van der Waals surface area contributed by atoms with Gasteiger partial charge in [0, 0.05) is 19.1 Å². The van der Waals surface area contributed by atoms with Gasteiger partial charge in [0.2, 0.25) is 10.0 Å². The molecule has 0 radical (unpaired) electrons. The second-order valence-electron chi connectivity index (χ2n) is 5.77. The van der Waals surface area contributed by atoms with Gasteiger partial charge in [0.25, 0.3) is 0 Å². The Bertz CT molecular complexity index is 703. The van der Waals surface area contributed by atoms with Gasteiger partial charge in [-0.2, -0.15) is 4.31 Å². The normalized spacial score (nSPS) is 16.0. The van der Waals surface area contributed by atoms with Gasteiger partial charge in [-0.3, -0.25) is 0 Å². The highest BCUT2D eigenvalue weighted by molar-refractivity contribution is 7.89. The first kappa shape index (κ1) is 20.4. The zero-order valence-corrected chi connectivity index (χ0v) is 16.8. The third-order valence-electron chi connectivity index (χ3n) is 4.11. The third-order valence-corrected chi connectivity index (χ3v) is 6.56. The summed E-state index contributed by atoms with van der Waals surface area (Å²) in [5, 5.41) is 7.04. The van der Waals surface area contributed by atoms with E-state index in [0.29, 0.717) is 42.1 Å². The van der Waals surface area contributed by atoms with Gasteiger partial charge in [-0.05, 0) is 43.3 Å². The zero-order valence-electron chi connectivity index (χ0n) is 14.4. The van der Waals surface area contributed by atoms with Gasteiger partial charge in [0.05, 0.1) is 28.8 Å². The van der Waals surface area contributed by atoms with E-state index < -0.39 is 10.0 Å². The number of nitrogens with zero attached hydrogens (tertiary/aromatic N) is 1. The Morgan fingerprint density at radius 3 is 2.56 bits per heavy atom. The minimum absolute atomic E-state index is 0.187. The number of hydrogen-bond donors (Lipinski definition) is 2. The van der Waals surface area contributed by atoms with Crippen LogP contribution >= 0.6 is 23.8 Å². The number of anilines is 1. The molecule has 2 N–H and O–H groups in total. The molecule has 1 aliphatic rings. The lowest BCUT2D eigenvalue weighted by molar-refractivity contribution is 0.0730. The van der Waals surface area contributed by atoms with Crippen molar-refractivity contribution in [3.8, 4) is 0 Å². The maximum Gasteiger partial charge on any atom is 0.243 e. The Morgan fingerprint density at radius 2 is 1.96 bits per heavy atom. The van der Waals surface area contributed by atoms with Crippen molar-refractivity contribution in [2.24, 2.45) is 0 Å². The van der Waals surface area contributed by atoms with Gasteiger partial charge < -0.3 is 15.4 Å². The molecule has 1 fully saturated rings. The molecule has 25 heavy (non-hydrogen) atoms. The lowest BCUT2D eigenvalue weighted by atomic mass is 10.2. The van der Waals surface area contributed by atoms with Crippen LogP contribution in [0.1, 0.15) is 26.7 Å². The number of morpholine rings is 1. The second kappa shape index (κ2) is 9.14. The fraction of sp³-hybridized carbons (Fsp3) is 0.562. The minimum atomic E-state index is -3.58. The fourth-order valence-electron chi connectivity index (χ4n) is 2.53. The predicted molar refractivity (Wildman–Crippen MR) is 105 cm³/mol. The predicted octanol–water partition coefficient (Wildman–Crippen LogP) is 2.84. The van der Waals surface area contributed by atoms with Crippen molar-refractivity contribution in [1.29, 1.82) is 0 Å². The molecule has 6 nitrogen and oxygen atoms in total. The molecule has 0 unspecified atom stereocenters. The smallest absolute Gasteiger partial charge is 0.243 e. The molecule has 1 saturated heterocycles. The Hall–Kier alpha value is -0.930. The maximum atomic E-state index is 12.8. The fourth-order valence-corrected chi connectivity index (χ4v) is 4.41. The van der Waals surface area contributed by atoms with E-state index in [1.807, 2.05) is 0 Å². The quantitative estimate of drug-likeness (QED) is 0.709. The molecule has 1 aromatic carbocycles. The number of ether oxygens (including phenoxy) is 1. The van der Waals surface area contributed by atoms with Gasteiger partial charge in [-0.1, -0.05) is 25.4 Å². The number of benzene rings is 1. The number of nitrogens with one attached hydrogen (secondary N) is 2. The molecule has 0 spiro atoms. The van der Waals surface area contributed by atoms with Crippen LogP contribution in [0.4, 0.5) is 5.69 Å². The van der Waals surface area contributed by atoms with Crippen molar-refractivity contribution < 1.29 is 13.2 Å². The number of thiocarbonyl (C=S) groups is 1. The molecule has 0 amide bonds. The van der Waals surface area contributed by atoms with Crippen molar-refractivity contribution in [1.82, 2.24) is 9.62 Å². The Kier molecular flexibility index (Phi) is 7.45. The van der Waals surface area contributed by atoms with E-state index in [9.17, 15) is 8.42 Å². The summed E-state index contributed by atoms with van der Waals surface area (Å²) in [4.78, 5) is 0.187. The van der Waals surface area contributed by atoms with Crippen LogP contribution in [0.3, 0.4) is 0 Å². The molecular formula is C16H24ClN3O3S2. The minimum Gasteiger partial charge on any atom is -0.379 e. The average Bonchev–Trinajstić information content (AvgIpc) is 2.62. The summed E-state index contributed by atoms with van der Waals surface area (Å²) in [7, 11) is -3.58. The first-order valence-electron chi connectivity index (χ1n) is 8.33. The third kappa shape index (κ3) is 5.27. The monoisotopic (exact) mass is 405 g/mol. The highest BCUT2D eigenvalue weighted by Crippen LogP contribution is 2.27. The first-order valence-corrected chi connectivity index (χ1v) is 10.6.